The summed E-state index contributed by atoms with van der Waals surface area (Å²) in [5.74, 6) is 0.573. The highest BCUT2D eigenvalue weighted by Gasteiger charge is 2.09. The molecule has 1 aromatic carbocycles. The third kappa shape index (κ3) is 2.14. The number of fused-ring (bicyclic) bond motifs is 1. The van der Waals surface area contributed by atoms with Crippen molar-refractivity contribution >= 4 is 10.9 Å². The maximum atomic E-state index is 12.1. The molecule has 2 rings (SSSR count). The van der Waals surface area contributed by atoms with Gasteiger partial charge in [0.1, 0.15) is 11.3 Å². The number of aromatic nitrogens is 2. The summed E-state index contributed by atoms with van der Waals surface area (Å²) >= 11 is 0. The van der Waals surface area contributed by atoms with Crippen molar-refractivity contribution in [1.82, 2.24) is 9.55 Å². The first-order chi connectivity index (χ1) is 8.13. The molecule has 0 spiro atoms. The molecule has 1 aromatic heterocycles. The fourth-order valence-electron chi connectivity index (χ4n) is 1.74. The van der Waals surface area contributed by atoms with Crippen molar-refractivity contribution in [3.63, 3.8) is 0 Å². The van der Waals surface area contributed by atoms with E-state index in [9.17, 15) is 9.90 Å². The number of hydrogen-bond acceptors (Lipinski definition) is 4. The molecule has 17 heavy (non-hydrogen) atoms. The van der Waals surface area contributed by atoms with Crippen LogP contribution in [0.15, 0.2) is 29.3 Å². The summed E-state index contributed by atoms with van der Waals surface area (Å²) in [4.78, 5) is 16.3. The van der Waals surface area contributed by atoms with E-state index in [2.05, 4.69) is 4.98 Å². The highest BCUT2D eigenvalue weighted by molar-refractivity contribution is 5.83. The standard InChI is InChI=1S/C12H14N2O3/c1-8(15)6-14-7-13-11-9(12(14)16)4-3-5-10(11)17-2/h3-5,7-8,15H,6H2,1-2H3. The van der Waals surface area contributed by atoms with Crippen molar-refractivity contribution in [1.29, 1.82) is 0 Å². The first-order valence-corrected chi connectivity index (χ1v) is 5.33. The molecular formula is C12H14N2O3. The van der Waals surface area contributed by atoms with Crippen LogP contribution in [0, 0.1) is 0 Å². The maximum absolute atomic E-state index is 12.1. The second-order valence-electron chi connectivity index (χ2n) is 3.91. The van der Waals surface area contributed by atoms with Gasteiger partial charge in [0.25, 0.3) is 5.56 Å². The zero-order valence-corrected chi connectivity index (χ0v) is 9.75. The van der Waals surface area contributed by atoms with Crippen molar-refractivity contribution in [3.8, 4) is 5.75 Å². The number of hydrogen-bond donors (Lipinski definition) is 1. The molecule has 5 heteroatoms. The minimum absolute atomic E-state index is 0.171. The van der Waals surface area contributed by atoms with E-state index in [4.69, 9.17) is 4.74 Å². The van der Waals surface area contributed by atoms with Crippen LogP contribution < -0.4 is 10.3 Å². The van der Waals surface area contributed by atoms with E-state index < -0.39 is 6.10 Å². The van der Waals surface area contributed by atoms with Gasteiger partial charge < -0.3 is 9.84 Å². The van der Waals surface area contributed by atoms with Crippen LogP contribution in [0.1, 0.15) is 6.92 Å². The topological polar surface area (TPSA) is 64.3 Å². The van der Waals surface area contributed by atoms with Gasteiger partial charge in [-0.1, -0.05) is 6.07 Å². The quantitative estimate of drug-likeness (QED) is 0.852. The molecule has 2 aromatic rings. The van der Waals surface area contributed by atoms with Crippen LogP contribution in [0.5, 0.6) is 5.75 Å². The van der Waals surface area contributed by atoms with Gasteiger partial charge in [0, 0.05) is 0 Å². The van der Waals surface area contributed by atoms with Crippen molar-refractivity contribution in [2.45, 2.75) is 19.6 Å². The Morgan fingerprint density at radius 1 is 1.53 bits per heavy atom. The summed E-state index contributed by atoms with van der Waals surface area (Å²) < 4.78 is 6.54. The number of aliphatic hydroxyl groups is 1. The molecule has 0 aliphatic carbocycles. The molecule has 1 unspecified atom stereocenters. The van der Waals surface area contributed by atoms with E-state index in [0.29, 0.717) is 16.7 Å². The Bertz CT molecular complexity index is 590. The second kappa shape index (κ2) is 4.55. The van der Waals surface area contributed by atoms with Gasteiger partial charge in [-0.15, -0.1) is 0 Å². The normalized spacial score (nSPS) is 12.6. The lowest BCUT2D eigenvalue weighted by Crippen LogP contribution is -2.25. The van der Waals surface area contributed by atoms with Crippen LogP contribution in [0.2, 0.25) is 0 Å². The van der Waals surface area contributed by atoms with E-state index in [0.717, 1.165) is 0 Å². The van der Waals surface area contributed by atoms with Gasteiger partial charge in [0.2, 0.25) is 0 Å². The van der Waals surface area contributed by atoms with Crippen LogP contribution >= 0.6 is 0 Å². The van der Waals surface area contributed by atoms with Crippen molar-refractivity contribution < 1.29 is 9.84 Å². The predicted molar refractivity (Wildman–Crippen MR) is 64.2 cm³/mol. The third-order valence-electron chi connectivity index (χ3n) is 2.50. The van der Waals surface area contributed by atoms with E-state index in [1.165, 1.54) is 18.0 Å². The summed E-state index contributed by atoms with van der Waals surface area (Å²) in [5, 5.41) is 9.78. The average molecular weight is 234 g/mol. The lowest BCUT2D eigenvalue weighted by molar-refractivity contribution is 0.172. The summed E-state index contributed by atoms with van der Waals surface area (Å²) in [7, 11) is 1.54. The lowest BCUT2D eigenvalue weighted by Gasteiger charge is -2.09. The van der Waals surface area contributed by atoms with E-state index in [1.807, 2.05) is 0 Å². The second-order valence-corrected chi connectivity index (χ2v) is 3.91. The number of nitrogens with zero attached hydrogens (tertiary/aromatic N) is 2. The summed E-state index contributed by atoms with van der Waals surface area (Å²) in [5.41, 5.74) is 0.372. The fraction of sp³-hybridized carbons (Fsp3) is 0.333. The molecule has 0 bridgehead atoms. The molecule has 0 saturated heterocycles. The third-order valence-corrected chi connectivity index (χ3v) is 2.50. The number of ether oxygens (including phenoxy) is 1. The number of methoxy groups -OCH3 is 1. The molecule has 0 aliphatic rings. The minimum Gasteiger partial charge on any atom is -0.494 e. The lowest BCUT2D eigenvalue weighted by atomic mass is 10.2. The van der Waals surface area contributed by atoms with Crippen LogP contribution in [-0.4, -0.2) is 27.9 Å². The van der Waals surface area contributed by atoms with Gasteiger partial charge in [-0.2, -0.15) is 0 Å². The van der Waals surface area contributed by atoms with Gasteiger partial charge in [0.05, 0.1) is 31.5 Å². The van der Waals surface area contributed by atoms with Gasteiger partial charge >= 0.3 is 0 Å². The minimum atomic E-state index is -0.586. The van der Waals surface area contributed by atoms with Crippen molar-refractivity contribution in [3.05, 3.63) is 34.9 Å². The Hall–Kier alpha value is -1.88. The first kappa shape index (κ1) is 11.6. The summed E-state index contributed by atoms with van der Waals surface area (Å²) in [6.45, 7) is 1.86. The van der Waals surface area contributed by atoms with Gasteiger partial charge in [0.15, 0.2) is 0 Å². The Morgan fingerprint density at radius 3 is 2.94 bits per heavy atom. The Labute approximate surface area is 98.3 Å². The van der Waals surface area contributed by atoms with Crippen molar-refractivity contribution in [2.24, 2.45) is 0 Å². The van der Waals surface area contributed by atoms with E-state index >= 15 is 0 Å². The fourth-order valence-corrected chi connectivity index (χ4v) is 1.74. The molecular weight excluding hydrogens is 220 g/mol. The van der Waals surface area contributed by atoms with Gasteiger partial charge in [-0.25, -0.2) is 4.98 Å². The molecule has 0 aliphatic heterocycles. The molecule has 0 fully saturated rings. The molecule has 0 amide bonds. The van der Waals surface area contributed by atoms with Gasteiger partial charge in [-0.3, -0.25) is 9.36 Å². The van der Waals surface area contributed by atoms with Crippen LogP contribution in [0.4, 0.5) is 0 Å². The molecule has 0 saturated carbocycles. The van der Waals surface area contributed by atoms with Crippen LogP contribution in [-0.2, 0) is 6.54 Å². The number of aliphatic hydroxyl groups excluding tert-OH is 1. The average Bonchev–Trinajstić information content (AvgIpc) is 2.31. The smallest absolute Gasteiger partial charge is 0.261 e. The Kier molecular flexibility index (Phi) is 3.10. The molecule has 0 radical (unpaired) electrons. The summed E-state index contributed by atoms with van der Waals surface area (Å²) in [6.07, 6.45) is 0.845. The molecule has 90 valence electrons. The number of rotatable bonds is 3. The number of para-hydroxylation sites is 1. The molecule has 1 atom stereocenters. The monoisotopic (exact) mass is 234 g/mol. The molecule has 5 nitrogen and oxygen atoms in total. The SMILES string of the molecule is COc1cccc2c(=O)n(CC(C)O)cnc12. The summed E-state index contributed by atoms with van der Waals surface area (Å²) in [6, 6.07) is 5.20. The predicted octanol–water partition coefficient (Wildman–Crippen LogP) is 0.786. The molecule has 1 N–H and O–H groups in total. The van der Waals surface area contributed by atoms with Crippen molar-refractivity contribution in [2.75, 3.05) is 7.11 Å². The maximum Gasteiger partial charge on any atom is 0.261 e. The van der Waals surface area contributed by atoms with Crippen LogP contribution in [0.3, 0.4) is 0 Å². The highest BCUT2D eigenvalue weighted by atomic mass is 16.5. The Morgan fingerprint density at radius 2 is 2.29 bits per heavy atom. The zero-order valence-electron chi connectivity index (χ0n) is 9.75. The number of benzene rings is 1. The Balaban J connectivity index is 2.64. The highest BCUT2D eigenvalue weighted by Crippen LogP contribution is 2.19. The van der Waals surface area contributed by atoms with E-state index in [-0.39, 0.29) is 12.1 Å². The largest absolute Gasteiger partial charge is 0.494 e. The molecule has 1 heterocycles. The first-order valence-electron chi connectivity index (χ1n) is 5.33. The van der Waals surface area contributed by atoms with Gasteiger partial charge in [-0.05, 0) is 19.1 Å². The zero-order chi connectivity index (χ0) is 12.4. The van der Waals surface area contributed by atoms with Crippen LogP contribution in [0.25, 0.3) is 10.9 Å². The van der Waals surface area contributed by atoms with E-state index in [1.54, 1.807) is 25.1 Å².